The van der Waals surface area contributed by atoms with Crippen molar-refractivity contribution in [1.82, 2.24) is 16.0 Å². The summed E-state index contributed by atoms with van der Waals surface area (Å²) in [5.74, 6) is 0.979. The van der Waals surface area contributed by atoms with Crippen LogP contribution in [0.4, 0.5) is 4.39 Å². The smallest absolute Gasteiger partial charge is 0.191 e. The number of benzene rings is 1. The molecule has 0 radical (unpaired) electrons. The minimum absolute atomic E-state index is 0.0574. The lowest BCUT2D eigenvalue weighted by atomic mass is 10.1. The topological polar surface area (TPSA) is 57.7 Å². The normalized spacial score (nSPS) is 13.5. The molecule has 0 aliphatic carbocycles. The van der Waals surface area contributed by atoms with Gasteiger partial charge in [0.25, 0.3) is 0 Å². The monoisotopic (exact) mass is 338 g/mol. The quantitative estimate of drug-likeness (QED) is 0.387. The molecule has 0 fully saturated rings. The first-order valence-corrected chi connectivity index (χ1v) is 8.46. The molecule has 136 valence electrons. The number of nitrogens with zero attached hydrogens (tertiary/aromatic N) is 1. The van der Waals surface area contributed by atoms with Crippen LogP contribution in [0.2, 0.25) is 0 Å². The summed E-state index contributed by atoms with van der Waals surface area (Å²) in [6.45, 7) is 10.7. The molecule has 0 bridgehead atoms. The van der Waals surface area contributed by atoms with Gasteiger partial charge >= 0.3 is 0 Å². The fraction of sp³-hybridized carbons (Fsp3) is 0.611. The van der Waals surface area contributed by atoms with Crippen LogP contribution in [0.5, 0.6) is 5.75 Å². The number of aliphatic imine (C=N–C) groups is 1. The van der Waals surface area contributed by atoms with Crippen molar-refractivity contribution in [3.63, 3.8) is 0 Å². The maximum absolute atomic E-state index is 13.2. The van der Waals surface area contributed by atoms with Crippen LogP contribution in [0.25, 0.3) is 0 Å². The van der Waals surface area contributed by atoms with Crippen LogP contribution < -0.4 is 20.7 Å². The average molecular weight is 338 g/mol. The Morgan fingerprint density at radius 3 is 2.58 bits per heavy atom. The van der Waals surface area contributed by atoms with Gasteiger partial charge in [-0.3, -0.25) is 4.99 Å². The zero-order chi connectivity index (χ0) is 18.0. The van der Waals surface area contributed by atoms with Crippen molar-refractivity contribution in [2.75, 3.05) is 26.7 Å². The number of guanidine groups is 1. The first-order valence-electron chi connectivity index (χ1n) is 8.46. The van der Waals surface area contributed by atoms with Crippen LogP contribution in [0.1, 0.15) is 34.1 Å². The van der Waals surface area contributed by atoms with E-state index in [0.717, 1.165) is 25.5 Å². The molecule has 6 heteroatoms. The van der Waals surface area contributed by atoms with Crippen LogP contribution in [-0.2, 0) is 0 Å². The van der Waals surface area contributed by atoms with Gasteiger partial charge in [0.1, 0.15) is 17.7 Å². The van der Waals surface area contributed by atoms with Crippen molar-refractivity contribution in [3.8, 4) is 5.75 Å². The lowest BCUT2D eigenvalue weighted by molar-refractivity contribution is 0.199. The molecule has 24 heavy (non-hydrogen) atoms. The summed E-state index contributed by atoms with van der Waals surface area (Å²) in [5, 5.41) is 9.91. The molecule has 1 unspecified atom stereocenters. The Morgan fingerprint density at radius 2 is 2.00 bits per heavy atom. The van der Waals surface area contributed by atoms with Gasteiger partial charge in [0.2, 0.25) is 0 Å². The summed E-state index contributed by atoms with van der Waals surface area (Å²) in [6.07, 6.45) is 0.754. The molecule has 1 rings (SSSR count). The highest BCUT2D eigenvalue weighted by molar-refractivity contribution is 5.79. The zero-order valence-electron chi connectivity index (χ0n) is 15.4. The minimum atomic E-state index is -0.292. The van der Waals surface area contributed by atoms with E-state index in [1.54, 1.807) is 19.2 Å². The van der Waals surface area contributed by atoms with E-state index in [2.05, 4.69) is 41.7 Å². The number of hydrogen-bond acceptors (Lipinski definition) is 3. The molecule has 0 saturated heterocycles. The standard InChI is InChI=1S/C18H31FN4O/c1-6-15(24-16-9-7-8-14(19)12-16)13-22-17(20-5)21-10-11-23-18(2,3)4/h7-9,12,15,23H,6,10-11,13H2,1-5H3,(H2,20,21,22). The highest BCUT2D eigenvalue weighted by Crippen LogP contribution is 2.14. The summed E-state index contributed by atoms with van der Waals surface area (Å²) >= 11 is 0. The summed E-state index contributed by atoms with van der Waals surface area (Å²) in [6, 6.07) is 6.21. The Labute approximate surface area is 145 Å². The Bertz CT molecular complexity index is 514. The molecule has 0 amide bonds. The van der Waals surface area contributed by atoms with Crippen molar-refractivity contribution in [1.29, 1.82) is 0 Å². The second-order valence-corrected chi connectivity index (χ2v) is 6.66. The van der Waals surface area contributed by atoms with Crippen LogP contribution >= 0.6 is 0 Å². The Hall–Kier alpha value is -1.82. The second kappa shape index (κ2) is 10.1. The molecule has 1 aromatic carbocycles. The number of hydrogen-bond donors (Lipinski definition) is 3. The Balaban J connectivity index is 2.37. The van der Waals surface area contributed by atoms with Crippen LogP contribution in [0.3, 0.4) is 0 Å². The lowest BCUT2D eigenvalue weighted by Crippen LogP contribution is -2.46. The zero-order valence-corrected chi connectivity index (χ0v) is 15.4. The van der Waals surface area contributed by atoms with Crippen molar-refractivity contribution < 1.29 is 9.13 Å². The fourth-order valence-electron chi connectivity index (χ4n) is 2.05. The summed E-state index contributed by atoms with van der Waals surface area (Å²) < 4.78 is 19.0. The predicted octanol–water partition coefficient (Wildman–Crippen LogP) is 2.54. The van der Waals surface area contributed by atoms with Crippen molar-refractivity contribution in [3.05, 3.63) is 30.1 Å². The van der Waals surface area contributed by atoms with E-state index >= 15 is 0 Å². The van der Waals surface area contributed by atoms with E-state index in [9.17, 15) is 4.39 Å². The summed E-state index contributed by atoms with van der Waals surface area (Å²) in [7, 11) is 1.74. The first kappa shape index (κ1) is 20.2. The van der Waals surface area contributed by atoms with Crippen molar-refractivity contribution in [2.24, 2.45) is 4.99 Å². The van der Waals surface area contributed by atoms with Crippen molar-refractivity contribution >= 4 is 5.96 Å². The molecule has 0 aliphatic rings. The predicted molar refractivity (Wildman–Crippen MR) is 98.2 cm³/mol. The molecular formula is C18H31FN4O. The largest absolute Gasteiger partial charge is 0.489 e. The van der Waals surface area contributed by atoms with Gasteiger partial charge < -0.3 is 20.7 Å². The first-order chi connectivity index (χ1) is 11.3. The Morgan fingerprint density at radius 1 is 1.25 bits per heavy atom. The molecule has 5 nitrogen and oxygen atoms in total. The molecule has 1 aromatic rings. The van der Waals surface area contributed by atoms with Gasteiger partial charge in [0, 0.05) is 31.7 Å². The Kier molecular flexibility index (Phi) is 8.54. The van der Waals surface area contributed by atoms with Crippen molar-refractivity contribution in [2.45, 2.75) is 45.8 Å². The number of nitrogens with one attached hydrogen (secondary N) is 3. The van der Waals surface area contributed by atoms with E-state index in [-0.39, 0.29) is 17.5 Å². The molecule has 1 atom stereocenters. The van der Waals surface area contributed by atoms with Crippen LogP contribution in [0, 0.1) is 5.82 Å². The minimum Gasteiger partial charge on any atom is -0.489 e. The number of ether oxygens (including phenoxy) is 1. The highest BCUT2D eigenvalue weighted by Gasteiger charge is 2.10. The molecule has 3 N–H and O–H groups in total. The van der Waals surface area contributed by atoms with E-state index in [1.807, 2.05) is 6.92 Å². The number of halogens is 1. The highest BCUT2D eigenvalue weighted by atomic mass is 19.1. The SMILES string of the molecule is CCC(CNC(=NC)NCCNC(C)(C)C)Oc1cccc(F)c1. The van der Waals surface area contributed by atoms with Gasteiger partial charge in [-0.15, -0.1) is 0 Å². The maximum atomic E-state index is 13.2. The van der Waals surface area contributed by atoms with E-state index in [0.29, 0.717) is 12.3 Å². The average Bonchev–Trinajstić information content (AvgIpc) is 2.52. The molecule has 0 aliphatic heterocycles. The van der Waals surface area contributed by atoms with Gasteiger partial charge in [0.05, 0.1) is 6.54 Å². The summed E-state index contributed by atoms with van der Waals surface area (Å²) in [4.78, 5) is 4.20. The van der Waals surface area contributed by atoms with E-state index < -0.39 is 0 Å². The molecule has 0 aromatic heterocycles. The molecular weight excluding hydrogens is 307 g/mol. The molecule has 0 heterocycles. The fourth-order valence-corrected chi connectivity index (χ4v) is 2.05. The van der Waals surface area contributed by atoms with Gasteiger partial charge in [-0.25, -0.2) is 4.39 Å². The molecule has 0 saturated carbocycles. The third-order valence-electron chi connectivity index (χ3n) is 3.35. The third-order valence-corrected chi connectivity index (χ3v) is 3.35. The van der Waals surface area contributed by atoms with Gasteiger partial charge in [-0.2, -0.15) is 0 Å². The van der Waals surface area contributed by atoms with Gasteiger partial charge in [-0.05, 0) is 39.3 Å². The van der Waals surface area contributed by atoms with E-state index in [4.69, 9.17) is 4.74 Å². The molecule has 0 spiro atoms. The summed E-state index contributed by atoms with van der Waals surface area (Å²) in [5.41, 5.74) is 0.102. The second-order valence-electron chi connectivity index (χ2n) is 6.66. The third kappa shape index (κ3) is 8.72. The van der Waals surface area contributed by atoms with Gasteiger partial charge in [0.15, 0.2) is 5.96 Å². The maximum Gasteiger partial charge on any atom is 0.191 e. The van der Waals surface area contributed by atoms with Crippen LogP contribution in [-0.4, -0.2) is 44.3 Å². The number of rotatable bonds is 8. The van der Waals surface area contributed by atoms with Crippen LogP contribution in [0.15, 0.2) is 29.3 Å². The lowest BCUT2D eigenvalue weighted by Gasteiger charge is -2.22. The van der Waals surface area contributed by atoms with Gasteiger partial charge in [-0.1, -0.05) is 13.0 Å². The van der Waals surface area contributed by atoms with E-state index in [1.165, 1.54) is 12.1 Å².